The minimum absolute atomic E-state index is 0.0332. The zero-order chi connectivity index (χ0) is 14.8. The van der Waals surface area contributed by atoms with Crippen LogP contribution in [0.5, 0.6) is 0 Å². The Labute approximate surface area is 127 Å². The number of likely N-dealkylation sites (tertiary alicyclic amines) is 1. The first-order chi connectivity index (χ1) is 10.2. The molecule has 0 saturated carbocycles. The summed E-state index contributed by atoms with van der Waals surface area (Å²) >= 11 is 0.977. The molecule has 2 fully saturated rings. The number of amides is 1. The second-order valence-electron chi connectivity index (χ2n) is 5.66. The summed E-state index contributed by atoms with van der Waals surface area (Å²) < 4.78 is 0. The molecule has 0 spiro atoms. The van der Waals surface area contributed by atoms with Crippen molar-refractivity contribution in [3.05, 3.63) is 27.1 Å². The van der Waals surface area contributed by atoms with E-state index < -0.39 is 4.92 Å². The number of hydrogen-bond donors (Lipinski definition) is 1. The van der Waals surface area contributed by atoms with Gasteiger partial charge in [-0.15, -0.1) is 0 Å². The molecule has 2 unspecified atom stereocenters. The Morgan fingerprint density at radius 1 is 1.33 bits per heavy atom. The summed E-state index contributed by atoms with van der Waals surface area (Å²) in [6, 6.07) is 3.61. The van der Waals surface area contributed by atoms with Gasteiger partial charge in [-0.1, -0.05) is 11.3 Å². The monoisotopic (exact) mass is 309 g/mol. The first kappa shape index (κ1) is 14.5. The van der Waals surface area contributed by atoms with Crippen LogP contribution in [0.4, 0.5) is 5.00 Å². The lowest BCUT2D eigenvalue weighted by molar-refractivity contribution is -0.380. The molecule has 1 aromatic heterocycles. The number of nitro groups is 1. The molecule has 6 nitrogen and oxygen atoms in total. The standard InChI is InChI=1S/C14H19N3O3S/c18-14(12-6-7-13(21-12)17(19)20)16-9-2-1-5-11(16)10-4-3-8-15-10/h6-7,10-11,15H,1-5,8-9H2. The summed E-state index contributed by atoms with van der Waals surface area (Å²) in [5.41, 5.74) is 0. The van der Waals surface area contributed by atoms with E-state index in [1.807, 2.05) is 4.90 Å². The molecule has 3 heterocycles. The predicted molar refractivity (Wildman–Crippen MR) is 80.7 cm³/mol. The summed E-state index contributed by atoms with van der Waals surface area (Å²) in [5, 5.41) is 14.3. The molecule has 0 radical (unpaired) electrons. The largest absolute Gasteiger partial charge is 0.333 e. The molecule has 3 rings (SSSR count). The summed E-state index contributed by atoms with van der Waals surface area (Å²) in [6.45, 7) is 1.78. The molecular formula is C14H19N3O3S. The second kappa shape index (κ2) is 6.11. The minimum atomic E-state index is -0.437. The SMILES string of the molecule is O=C(c1ccc([N+](=O)[O-])s1)N1CCCCC1C1CCCN1. The topological polar surface area (TPSA) is 75.5 Å². The maximum atomic E-state index is 12.7. The lowest BCUT2D eigenvalue weighted by Gasteiger charge is -2.39. The Morgan fingerprint density at radius 3 is 2.86 bits per heavy atom. The van der Waals surface area contributed by atoms with Crippen molar-refractivity contribution in [2.24, 2.45) is 0 Å². The lowest BCUT2D eigenvalue weighted by Crippen LogP contribution is -2.52. The summed E-state index contributed by atoms with van der Waals surface area (Å²) in [7, 11) is 0. The fourth-order valence-electron chi connectivity index (χ4n) is 3.35. The van der Waals surface area contributed by atoms with E-state index >= 15 is 0 Å². The van der Waals surface area contributed by atoms with Gasteiger partial charge in [-0.2, -0.15) is 0 Å². The molecule has 1 amide bonds. The first-order valence-electron chi connectivity index (χ1n) is 7.45. The fraction of sp³-hybridized carbons (Fsp3) is 0.643. The summed E-state index contributed by atoms with van der Waals surface area (Å²) in [6.07, 6.45) is 5.46. The van der Waals surface area contributed by atoms with Crippen LogP contribution >= 0.6 is 11.3 Å². The highest BCUT2D eigenvalue weighted by atomic mass is 32.1. The summed E-state index contributed by atoms with van der Waals surface area (Å²) in [4.78, 5) is 25.4. The molecular weight excluding hydrogens is 290 g/mol. The van der Waals surface area contributed by atoms with Crippen LogP contribution in [0.25, 0.3) is 0 Å². The van der Waals surface area contributed by atoms with E-state index in [1.165, 1.54) is 6.07 Å². The molecule has 2 atom stereocenters. The molecule has 7 heteroatoms. The predicted octanol–water partition coefficient (Wildman–Crippen LogP) is 2.40. The van der Waals surface area contributed by atoms with Crippen molar-refractivity contribution in [2.45, 2.75) is 44.2 Å². The van der Waals surface area contributed by atoms with Gasteiger partial charge in [0.05, 0.1) is 9.80 Å². The Morgan fingerprint density at radius 2 is 2.19 bits per heavy atom. The molecule has 0 aromatic carbocycles. The number of nitrogens with zero attached hydrogens (tertiary/aromatic N) is 2. The zero-order valence-electron chi connectivity index (χ0n) is 11.8. The molecule has 2 aliphatic rings. The van der Waals surface area contributed by atoms with Crippen LogP contribution in [-0.4, -0.2) is 40.9 Å². The van der Waals surface area contributed by atoms with Gasteiger partial charge in [-0.3, -0.25) is 14.9 Å². The maximum absolute atomic E-state index is 12.7. The van der Waals surface area contributed by atoms with Crippen molar-refractivity contribution in [3.63, 3.8) is 0 Å². The quantitative estimate of drug-likeness (QED) is 0.687. The van der Waals surface area contributed by atoms with Crippen molar-refractivity contribution >= 4 is 22.2 Å². The van der Waals surface area contributed by atoms with Gasteiger partial charge < -0.3 is 10.2 Å². The molecule has 0 aliphatic carbocycles. The zero-order valence-corrected chi connectivity index (χ0v) is 12.6. The third kappa shape index (κ3) is 2.94. The third-order valence-corrected chi connectivity index (χ3v) is 5.38. The molecule has 21 heavy (non-hydrogen) atoms. The van der Waals surface area contributed by atoms with Gasteiger partial charge >= 0.3 is 5.00 Å². The van der Waals surface area contributed by atoms with Crippen molar-refractivity contribution in [1.29, 1.82) is 0 Å². The van der Waals surface area contributed by atoms with Gasteiger partial charge in [-0.25, -0.2) is 0 Å². The molecule has 114 valence electrons. The van der Waals surface area contributed by atoms with E-state index in [4.69, 9.17) is 0 Å². The number of thiophene rings is 1. The molecule has 2 aliphatic heterocycles. The van der Waals surface area contributed by atoms with Crippen LogP contribution in [0.15, 0.2) is 12.1 Å². The normalized spacial score (nSPS) is 26.0. The maximum Gasteiger partial charge on any atom is 0.324 e. The second-order valence-corrected chi connectivity index (χ2v) is 6.72. The Hall–Kier alpha value is -1.47. The Kier molecular flexibility index (Phi) is 4.21. The lowest BCUT2D eigenvalue weighted by atomic mass is 9.94. The molecule has 1 N–H and O–H groups in total. The summed E-state index contributed by atoms with van der Waals surface area (Å²) in [5.74, 6) is -0.0495. The number of piperidine rings is 1. The van der Waals surface area contributed by atoms with E-state index in [1.54, 1.807) is 6.07 Å². The smallest absolute Gasteiger partial charge is 0.324 e. The highest BCUT2D eigenvalue weighted by Gasteiger charge is 2.35. The van der Waals surface area contributed by atoms with Gasteiger partial charge in [0, 0.05) is 24.7 Å². The number of carbonyl (C=O) groups is 1. The third-order valence-electron chi connectivity index (χ3n) is 4.36. The average molecular weight is 309 g/mol. The van der Waals surface area contributed by atoms with E-state index in [-0.39, 0.29) is 17.0 Å². The highest BCUT2D eigenvalue weighted by molar-refractivity contribution is 7.17. The molecule has 0 bridgehead atoms. The van der Waals surface area contributed by atoms with E-state index in [0.29, 0.717) is 10.9 Å². The van der Waals surface area contributed by atoms with Gasteiger partial charge in [0.15, 0.2) is 0 Å². The van der Waals surface area contributed by atoms with Crippen LogP contribution in [0.2, 0.25) is 0 Å². The van der Waals surface area contributed by atoms with Crippen LogP contribution in [0, 0.1) is 10.1 Å². The Bertz CT molecular complexity index is 539. The number of hydrogen-bond acceptors (Lipinski definition) is 5. The van der Waals surface area contributed by atoms with Crippen molar-refractivity contribution in [3.8, 4) is 0 Å². The van der Waals surface area contributed by atoms with Gasteiger partial charge in [0.2, 0.25) is 0 Å². The number of rotatable bonds is 3. The van der Waals surface area contributed by atoms with E-state index in [2.05, 4.69) is 5.32 Å². The van der Waals surface area contributed by atoms with Crippen LogP contribution in [0.3, 0.4) is 0 Å². The van der Waals surface area contributed by atoms with E-state index in [9.17, 15) is 14.9 Å². The van der Waals surface area contributed by atoms with Gasteiger partial charge in [0.25, 0.3) is 5.91 Å². The van der Waals surface area contributed by atoms with Crippen molar-refractivity contribution in [2.75, 3.05) is 13.1 Å². The van der Waals surface area contributed by atoms with Crippen LogP contribution < -0.4 is 5.32 Å². The number of carbonyl (C=O) groups excluding carboxylic acids is 1. The van der Waals surface area contributed by atoms with Gasteiger partial charge in [0.1, 0.15) is 0 Å². The number of nitrogens with one attached hydrogen (secondary N) is 1. The minimum Gasteiger partial charge on any atom is -0.333 e. The first-order valence-corrected chi connectivity index (χ1v) is 8.27. The molecule has 1 aromatic rings. The highest BCUT2D eigenvalue weighted by Crippen LogP contribution is 2.29. The van der Waals surface area contributed by atoms with E-state index in [0.717, 1.165) is 56.5 Å². The van der Waals surface area contributed by atoms with Gasteiger partial charge in [-0.05, 0) is 44.7 Å². The van der Waals surface area contributed by atoms with Crippen LogP contribution in [-0.2, 0) is 0 Å². The Balaban J connectivity index is 1.78. The van der Waals surface area contributed by atoms with Crippen molar-refractivity contribution in [1.82, 2.24) is 10.2 Å². The van der Waals surface area contributed by atoms with Crippen molar-refractivity contribution < 1.29 is 9.72 Å². The fourth-order valence-corrected chi connectivity index (χ4v) is 4.13. The molecule has 2 saturated heterocycles. The average Bonchev–Trinajstić information content (AvgIpc) is 3.18. The van der Waals surface area contributed by atoms with Crippen LogP contribution in [0.1, 0.15) is 41.8 Å².